The van der Waals surface area contributed by atoms with Gasteiger partial charge in [-0.3, -0.25) is 4.79 Å². The van der Waals surface area contributed by atoms with Gasteiger partial charge in [0.25, 0.3) is 0 Å². The Kier molecular flexibility index (Phi) is 4.15. The van der Waals surface area contributed by atoms with Gasteiger partial charge < -0.3 is 4.74 Å². The van der Waals surface area contributed by atoms with Crippen LogP contribution in [0.5, 0.6) is 5.75 Å². The number of aryl methyl sites for hydroxylation is 2. The van der Waals surface area contributed by atoms with Crippen molar-refractivity contribution in [3.63, 3.8) is 0 Å². The molecule has 0 aliphatic heterocycles. The van der Waals surface area contributed by atoms with Gasteiger partial charge in [-0.1, -0.05) is 6.07 Å². The van der Waals surface area contributed by atoms with E-state index >= 15 is 0 Å². The van der Waals surface area contributed by atoms with Gasteiger partial charge in [0.15, 0.2) is 11.9 Å². The first-order chi connectivity index (χ1) is 7.04. The summed E-state index contributed by atoms with van der Waals surface area (Å²) in [6, 6.07) is 5.76. The van der Waals surface area contributed by atoms with Gasteiger partial charge in [0.05, 0.1) is 5.88 Å². The first-order valence-electron chi connectivity index (χ1n) is 4.87. The fourth-order valence-corrected chi connectivity index (χ4v) is 1.38. The van der Waals surface area contributed by atoms with Crippen molar-refractivity contribution in [2.45, 2.75) is 26.9 Å². The standard InChI is InChI=1S/C12H15ClO2/c1-8-4-5-11(6-9(8)2)15-10(3)12(14)7-13/h4-6,10H,7H2,1-3H3. The first-order valence-corrected chi connectivity index (χ1v) is 5.40. The molecule has 1 atom stereocenters. The molecule has 0 saturated carbocycles. The van der Waals surface area contributed by atoms with Crippen molar-refractivity contribution < 1.29 is 9.53 Å². The highest BCUT2D eigenvalue weighted by molar-refractivity contribution is 6.28. The number of ether oxygens (including phenoxy) is 1. The molecule has 0 N–H and O–H groups in total. The van der Waals surface area contributed by atoms with Crippen LogP contribution in [0, 0.1) is 13.8 Å². The summed E-state index contributed by atoms with van der Waals surface area (Å²) in [7, 11) is 0. The van der Waals surface area contributed by atoms with Gasteiger partial charge in [0.1, 0.15) is 5.75 Å². The Bertz CT molecular complexity index is 361. The van der Waals surface area contributed by atoms with E-state index in [0.29, 0.717) is 5.75 Å². The number of carbonyl (C=O) groups excluding carboxylic acids is 1. The lowest BCUT2D eigenvalue weighted by molar-refractivity contribution is -0.122. The molecule has 1 rings (SSSR count). The summed E-state index contributed by atoms with van der Waals surface area (Å²) in [5, 5.41) is 0. The van der Waals surface area contributed by atoms with Crippen molar-refractivity contribution in [1.29, 1.82) is 0 Å². The molecule has 0 fully saturated rings. The van der Waals surface area contributed by atoms with E-state index in [4.69, 9.17) is 16.3 Å². The van der Waals surface area contributed by atoms with Crippen LogP contribution in [0.15, 0.2) is 18.2 Å². The van der Waals surface area contributed by atoms with Gasteiger partial charge >= 0.3 is 0 Å². The van der Waals surface area contributed by atoms with E-state index < -0.39 is 6.10 Å². The summed E-state index contributed by atoms with van der Waals surface area (Å²) in [6.07, 6.45) is -0.482. The first kappa shape index (κ1) is 12.1. The molecule has 0 amide bonds. The summed E-state index contributed by atoms with van der Waals surface area (Å²) in [5.41, 5.74) is 2.36. The molecule has 0 saturated heterocycles. The number of halogens is 1. The molecule has 0 radical (unpaired) electrons. The van der Waals surface area contributed by atoms with Crippen LogP contribution in [-0.4, -0.2) is 17.8 Å². The summed E-state index contributed by atoms with van der Waals surface area (Å²) in [5.74, 6) is 0.602. The zero-order chi connectivity index (χ0) is 11.4. The quantitative estimate of drug-likeness (QED) is 0.738. The largest absolute Gasteiger partial charge is 0.483 e. The van der Waals surface area contributed by atoms with Gasteiger partial charge in [0, 0.05) is 0 Å². The summed E-state index contributed by atoms with van der Waals surface area (Å²) >= 11 is 5.44. The van der Waals surface area contributed by atoms with Gasteiger partial charge in [-0.2, -0.15) is 0 Å². The highest BCUT2D eigenvalue weighted by atomic mass is 35.5. The van der Waals surface area contributed by atoms with Crippen molar-refractivity contribution in [2.75, 3.05) is 5.88 Å². The van der Waals surface area contributed by atoms with Crippen molar-refractivity contribution in [1.82, 2.24) is 0 Å². The lowest BCUT2D eigenvalue weighted by Gasteiger charge is -2.13. The summed E-state index contributed by atoms with van der Waals surface area (Å²) < 4.78 is 5.47. The molecule has 1 unspecified atom stereocenters. The number of Topliss-reactive ketones (excluding diaryl/α,β-unsaturated/α-hetero) is 1. The zero-order valence-corrected chi connectivity index (χ0v) is 9.97. The Hall–Kier alpha value is -1.02. The smallest absolute Gasteiger partial charge is 0.187 e. The number of alkyl halides is 1. The number of hydrogen-bond donors (Lipinski definition) is 0. The number of ketones is 1. The number of carbonyl (C=O) groups is 1. The van der Waals surface area contributed by atoms with E-state index in [9.17, 15) is 4.79 Å². The molecule has 1 aromatic carbocycles. The van der Waals surface area contributed by atoms with E-state index in [-0.39, 0.29) is 11.7 Å². The minimum Gasteiger partial charge on any atom is -0.483 e. The molecule has 0 aliphatic rings. The monoisotopic (exact) mass is 226 g/mol. The van der Waals surface area contributed by atoms with E-state index in [1.807, 2.05) is 32.0 Å². The average Bonchev–Trinajstić information content (AvgIpc) is 2.22. The van der Waals surface area contributed by atoms with Crippen LogP contribution in [0.4, 0.5) is 0 Å². The Balaban J connectivity index is 2.73. The molecular weight excluding hydrogens is 212 g/mol. The lowest BCUT2D eigenvalue weighted by atomic mass is 10.1. The van der Waals surface area contributed by atoms with Crippen LogP contribution >= 0.6 is 11.6 Å². The van der Waals surface area contributed by atoms with Crippen LogP contribution in [0.2, 0.25) is 0 Å². The molecule has 82 valence electrons. The highest BCUT2D eigenvalue weighted by Gasteiger charge is 2.13. The molecule has 1 aromatic rings. The maximum Gasteiger partial charge on any atom is 0.187 e. The average molecular weight is 227 g/mol. The van der Waals surface area contributed by atoms with Crippen LogP contribution in [0.25, 0.3) is 0 Å². The predicted molar refractivity (Wildman–Crippen MR) is 61.7 cm³/mol. The molecule has 2 nitrogen and oxygen atoms in total. The van der Waals surface area contributed by atoms with Gasteiger partial charge in [0.2, 0.25) is 0 Å². The zero-order valence-electron chi connectivity index (χ0n) is 9.21. The van der Waals surface area contributed by atoms with Crippen LogP contribution in [0.1, 0.15) is 18.1 Å². The molecule has 0 spiro atoms. The van der Waals surface area contributed by atoms with Crippen molar-refractivity contribution in [3.8, 4) is 5.75 Å². The SMILES string of the molecule is Cc1ccc(OC(C)C(=O)CCl)cc1C. The Morgan fingerprint density at radius 1 is 1.40 bits per heavy atom. The van der Waals surface area contributed by atoms with Crippen molar-refractivity contribution in [3.05, 3.63) is 29.3 Å². The highest BCUT2D eigenvalue weighted by Crippen LogP contribution is 2.17. The van der Waals surface area contributed by atoms with E-state index in [2.05, 4.69) is 0 Å². The second kappa shape index (κ2) is 5.17. The Labute approximate surface area is 95.2 Å². The third kappa shape index (κ3) is 3.24. The molecule has 0 heterocycles. The minimum atomic E-state index is -0.482. The second-order valence-corrected chi connectivity index (χ2v) is 3.87. The fourth-order valence-electron chi connectivity index (χ4n) is 1.17. The molecular formula is C12H15ClO2. The maximum absolute atomic E-state index is 11.2. The van der Waals surface area contributed by atoms with E-state index in [1.165, 1.54) is 5.56 Å². The maximum atomic E-state index is 11.2. The topological polar surface area (TPSA) is 26.3 Å². The number of benzene rings is 1. The third-order valence-corrected chi connectivity index (χ3v) is 2.64. The normalized spacial score (nSPS) is 12.3. The van der Waals surface area contributed by atoms with Crippen molar-refractivity contribution >= 4 is 17.4 Å². The van der Waals surface area contributed by atoms with E-state index in [0.717, 1.165) is 5.56 Å². The van der Waals surface area contributed by atoms with Crippen molar-refractivity contribution in [2.24, 2.45) is 0 Å². The van der Waals surface area contributed by atoms with Gasteiger partial charge in [-0.25, -0.2) is 0 Å². The Morgan fingerprint density at radius 3 is 2.60 bits per heavy atom. The molecule has 0 aromatic heterocycles. The number of rotatable bonds is 4. The molecule has 0 aliphatic carbocycles. The predicted octanol–water partition coefficient (Wildman–Crippen LogP) is 2.88. The second-order valence-electron chi connectivity index (χ2n) is 3.61. The number of hydrogen-bond acceptors (Lipinski definition) is 2. The van der Waals surface area contributed by atoms with Crippen LogP contribution in [-0.2, 0) is 4.79 Å². The van der Waals surface area contributed by atoms with E-state index in [1.54, 1.807) is 6.92 Å². The van der Waals surface area contributed by atoms with Crippen LogP contribution < -0.4 is 4.74 Å². The lowest BCUT2D eigenvalue weighted by Crippen LogP contribution is -2.24. The fraction of sp³-hybridized carbons (Fsp3) is 0.417. The minimum absolute atomic E-state index is 0.00793. The van der Waals surface area contributed by atoms with Crippen LogP contribution in [0.3, 0.4) is 0 Å². The Morgan fingerprint density at radius 2 is 2.07 bits per heavy atom. The molecule has 0 bridgehead atoms. The summed E-state index contributed by atoms with van der Waals surface area (Å²) in [4.78, 5) is 11.2. The van der Waals surface area contributed by atoms with Gasteiger partial charge in [-0.15, -0.1) is 11.6 Å². The molecule has 15 heavy (non-hydrogen) atoms. The third-order valence-electron chi connectivity index (χ3n) is 2.38. The summed E-state index contributed by atoms with van der Waals surface area (Å²) in [6.45, 7) is 5.75. The molecule has 3 heteroatoms. The van der Waals surface area contributed by atoms with Gasteiger partial charge in [-0.05, 0) is 44.0 Å².